The molecule has 0 aliphatic carbocycles. The molecule has 0 spiro atoms. The predicted octanol–water partition coefficient (Wildman–Crippen LogP) is 7.58. The van der Waals surface area contributed by atoms with E-state index in [-0.39, 0.29) is 0 Å². The maximum Gasteiger partial charge on any atom is 0.142 e. The molecule has 0 aliphatic rings. The van der Waals surface area contributed by atoms with E-state index < -0.39 is 0 Å². The van der Waals surface area contributed by atoms with E-state index in [1.807, 2.05) is 67.6 Å². The van der Waals surface area contributed by atoms with Gasteiger partial charge in [0.15, 0.2) is 0 Å². The highest BCUT2D eigenvalue weighted by molar-refractivity contribution is 6.30. The number of rotatable bonds is 5. The fourth-order valence-electron chi connectivity index (χ4n) is 2.61. The standard InChI is InChI=1S/C17H15Cl.C10H10O/c1-14-5-4-8-16(13-14)7-3-2-6-15-9-11-17(18)12-10-15;1-9-4-2-5-10(8-9)6-3-7-11/h2-13H,1H3;2-8H,1H3/b6-2+,7-3+;6-3+. The zero-order valence-electron chi connectivity index (χ0n) is 16.8. The topological polar surface area (TPSA) is 17.1 Å². The third kappa shape index (κ3) is 9.05. The summed E-state index contributed by atoms with van der Waals surface area (Å²) in [6.45, 7) is 4.12. The first-order chi connectivity index (χ1) is 14.1. The van der Waals surface area contributed by atoms with Gasteiger partial charge in [-0.05, 0) is 48.7 Å². The number of aryl methyl sites for hydroxylation is 2. The third-order valence-electron chi connectivity index (χ3n) is 4.01. The molecular formula is C27H25ClO. The maximum absolute atomic E-state index is 9.98. The van der Waals surface area contributed by atoms with Crippen molar-refractivity contribution in [1.29, 1.82) is 0 Å². The van der Waals surface area contributed by atoms with E-state index in [1.54, 1.807) is 6.08 Å². The lowest BCUT2D eigenvalue weighted by atomic mass is 10.1. The van der Waals surface area contributed by atoms with Crippen LogP contribution in [0.4, 0.5) is 0 Å². The van der Waals surface area contributed by atoms with Gasteiger partial charge in [0.2, 0.25) is 0 Å². The Kier molecular flexibility index (Phi) is 9.41. The van der Waals surface area contributed by atoms with Crippen LogP contribution in [0.1, 0.15) is 27.8 Å². The molecule has 3 aromatic rings. The fraction of sp³-hybridized carbons (Fsp3) is 0.0741. The molecule has 0 aromatic heterocycles. The molecule has 0 fully saturated rings. The van der Waals surface area contributed by atoms with Gasteiger partial charge in [0.25, 0.3) is 0 Å². The van der Waals surface area contributed by atoms with Crippen LogP contribution in [0.5, 0.6) is 0 Å². The zero-order valence-corrected chi connectivity index (χ0v) is 17.5. The van der Waals surface area contributed by atoms with Crippen molar-refractivity contribution in [3.8, 4) is 0 Å². The van der Waals surface area contributed by atoms with Gasteiger partial charge in [-0.2, -0.15) is 0 Å². The first kappa shape index (κ1) is 22.1. The molecule has 0 heterocycles. The lowest BCUT2D eigenvalue weighted by Gasteiger charge is -1.94. The molecule has 1 nitrogen and oxygen atoms in total. The molecule has 0 saturated heterocycles. The van der Waals surface area contributed by atoms with Crippen LogP contribution < -0.4 is 0 Å². The normalized spacial score (nSPS) is 11.0. The Labute approximate surface area is 178 Å². The van der Waals surface area contributed by atoms with Crippen molar-refractivity contribution < 1.29 is 4.79 Å². The highest BCUT2D eigenvalue weighted by Gasteiger charge is 1.88. The van der Waals surface area contributed by atoms with Crippen molar-refractivity contribution in [2.75, 3.05) is 0 Å². The van der Waals surface area contributed by atoms with E-state index in [9.17, 15) is 4.79 Å². The second-order valence-electron chi connectivity index (χ2n) is 6.59. The van der Waals surface area contributed by atoms with Gasteiger partial charge in [-0.3, -0.25) is 4.79 Å². The summed E-state index contributed by atoms with van der Waals surface area (Å²) in [4.78, 5) is 9.98. The van der Waals surface area contributed by atoms with Gasteiger partial charge in [-0.25, -0.2) is 0 Å². The summed E-state index contributed by atoms with van der Waals surface area (Å²) in [5.74, 6) is 0. The molecule has 0 amide bonds. The van der Waals surface area contributed by atoms with Gasteiger partial charge >= 0.3 is 0 Å². The van der Waals surface area contributed by atoms with E-state index >= 15 is 0 Å². The monoisotopic (exact) mass is 400 g/mol. The first-order valence-electron chi connectivity index (χ1n) is 9.42. The van der Waals surface area contributed by atoms with Gasteiger partial charge in [0, 0.05) is 5.02 Å². The maximum atomic E-state index is 9.98. The minimum absolute atomic E-state index is 0.766. The van der Waals surface area contributed by atoms with E-state index in [1.165, 1.54) is 22.8 Å². The molecule has 146 valence electrons. The smallest absolute Gasteiger partial charge is 0.142 e. The third-order valence-corrected chi connectivity index (χ3v) is 4.26. The zero-order chi connectivity index (χ0) is 20.9. The Balaban J connectivity index is 0.000000234. The summed E-state index contributed by atoms with van der Waals surface area (Å²) in [5, 5.41) is 0.766. The van der Waals surface area contributed by atoms with E-state index in [0.29, 0.717) is 0 Å². The van der Waals surface area contributed by atoms with Crippen molar-refractivity contribution in [3.05, 3.63) is 124 Å². The van der Waals surface area contributed by atoms with Gasteiger partial charge in [0.1, 0.15) is 6.29 Å². The number of allylic oxidation sites excluding steroid dienone is 3. The summed E-state index contributed by atoms with van der Waals surface area (Å²) < 4.78 is 0. The molecule has 3 rings (SSSR count). The summed E-state index contributed by atoms with van der Waals surface area (Å²) >= 11 is 5.83. The van der Waals surface area contributed by atoms with Crippen LogP contribution in [-0.4, -0.2) is 6.29 Å². The van der Waals surface area contributed by atoms with Crippen molar-refractivity contribution in [1.82, 2.24) is 0 Å². The Morgan fingerprint density at radius 2 is 1.10 bits per heavy atom. The summed E-state index contributed by atoms with van der Waals surface area (Å²) in [5.41, 5.74) is 5.91. The fourth-order valence-corrected chi connectivity index (χ4v) is 2.73. The van der Waals surface area contributed by atoms with Gasteiger partial charge in [-0.15, -0.1) is 0 Å². The Bertz CT molecular complexity index is 995. The molecule has 2 heteroatoms. The molecule has 0 N–H and O–H groups in total. The van der Waals surface area contributed by atoms with Crippen LogP contribution in [-0.2, 0) is 4.79 Å². The van der Waals surface area contributed by atoms with Crippen LogP contribution in [0.3, 0.4) is 0 Å². The second-order valence-corrected chi connectivity index (χ2v) is 7.03. The highest BCUT2D eigenvalue weighted by atomic mass is 35.5. The summed E-state index contributed by atoms with van der Waals surface area (Å²) in [6, 6.07) is 24.2. The van der Waals surface area contributed by atoms with E-state index in [0.717, 1.165) is 22.4 Å². The lowest BCUT2D eigenvalue weighted by molar-refractivity contribution is -0.104. The van der Waals surface area contributed by atoms with Crippen LogP contribution in [0.15, 0.2) is 91.0 Å². The highest BCUT2D eigenvalue weighted by Crippen LogP contribution is 2.11. The predicted molar refractivity (Wildman–Crippen MR) is 127 cm³/mol. The number of halogens is 1. The van der Waals surface area contributed by atoms with Gasteiger partial charge in [0.05, 0.1) is 0 Å². The van der Waals surface area contributed by atoms with Crippen LogP contribution in [0.2, 0.25) is 5.02 Å². The largest absolute Gasteiger partial charge is 0.299 e. The average molecular weight is 401 g/mol. The Morgan fingerprint density at radius 1 is 0.621 bits per heavy atom. The lowest BCUT2D eigenvalue weighted by Crippen LogP contribution is -1.74. The molecule has 0 radical (unpaired) electrons. The van der Waals surface area contributed by atoms with E-state index in [2.05, 4.69) is 43.3 Å². The average Bonchev–Trinajstić information content (AvgIpc) is 2.72. The summed E-state index contributed by atoms with van der Waals surface area (Å²) in [6.07, 6.45) is 12.3. The molecule has 0 unspecified atom stereocenters. The Hall–Kier alpha value is -3.16. The van der Waals surface area contributed by atoms with Gasteiger partial charge < -0.3 is 0 Å². The SMILES string of the molecule is Cc1cccc(/C=C/C=C/c2ccc(Cl)cc2)c1.Cc1cccc(/C=C/C=O)c1. The second kappa shape index (κ2) is 12.3. The number of carbonyl (C=O) groups excluding carboxylic acids is 1. The minimum Gasteiger partial charge on any atom is -0.299 e. The number of benzene rings is 3. The molecule has 0 bridgehead atoms. The Morgan fingerprint density at radius 3 is 1.59 bits per heavy atom. The quantitative estimate of drug-likeness (QED) is 0.245. The summed E-state index contributed by atoms with van der Waals surface area (Å²) in [7, 11) is 0. The molecule has 3 aromatic carbocycles. The minimum atomic E-state index is 0.766. The first-order valence-corrected chi connectivity index (χ1v) is 9.80. The van der Waals surface area contributed by atoms with Crippen molar-refractivity contribution in [2.45, 2.75) is 13.8 Å². The van der Waals surface area contributed by atoms with Gasteiger partial charge in [-0.1, -0.05) is 114 Å². The number of aldehydes is 1. The van der Waals surface area contributed by atoms with E-state index in [4.69, 9.17) is 11.6 Å². The van der Waals surface area contributed by atoms with Crippen molar-refractivity contribution >= 4 is 36.1 Å². The van der Waals surface area contributed by atoms with Crippen molar-refractivity contribution in [3.63, 3.8) is 0 Å². The number of hydrogen-bond acceptors (Lipinski definition) is 1. The van der Waals surface area contributed by atoms with Crippen molar-refractivity contribution in [2.24, 2.45) is 0 Å². The molecular weight excluding hydrogens is 376 g/mol. The molecule has 0 saturated carbocycles. The number of carbonyl (C=O) groups is 1. The van der Waals surface area contributed by atoms with Crippen LogP contribution in [0.25, 0.3) is 18.2 Å². The molecule has 29 heavy (non-hydrogen) atoms. The number of hydrogen-bond donors (Lipinski definition) is 0. The molecule has 0 atom stereocenters. The van der Waals surface area contributed by atoms with Crippen LogP contribution >= 0.6 is 11.6 Å². The van der Waals surface area contributed by atoms with Crippen LogP contribution in [0, 0.1) is 13.8 Å². The molecule has 0 aliphatic heterocycles.